The van der Waals surface area contributed by atoms with E-state index in [1.165, 1.54) is 12.1 Å². The van der Waals surface area contributed by atoms with Crippen molar-refractivity contribution in [1.29, 1.82) is 0 Å². The van der Waals surface area contributed by atoms with Crippen molar-refractivity contribution in [1.82, 2.24) is 0 Å². The van der Waals surface area contributed by atoms with E-state index in [-0.39, 0.29) is 10.6 Å². The summed E-state index contributed by atoms with van der Waals surface area (Å²) in [5, 5.41) is 15.8. The third-order valence-corrected chi connectivity index (χ3v) is 6.32. The van der Waals surface area contributed by atoms with Crippen LogP contribution in [0.25, 0.3) is 0 Å². The maximum Gasteiger partial charge on any atom is 0.295 e. The minimum Gasteiger partial charge on any atom is -0.497 e. The van der Waals surface area contributed by atoms with Gasteiger partial charge in [0.2, 0.25) is 0 Å². The molecule has 0 atom stereocenters. The number of hydrogen-bond donors (Lipinski definition) is 2. The third-order valence-electron chi connectivity index (χ3n) is 4.95. The van der Waals surface area contributed by atoms with Crippen molar-refractivity contribution >= 4 is 32.8 Å². The fourth-order valence-corrected chi connectivity index (χ4v) is 4.25. The second kappa shape index (κ2) is 9.70. The summed E-state index contributed by atoms with van der Waals surface area (Å²) in [5.74, 6) is 0.696. The van der Waals surface area contributed by atoms with E-state index in [1.54, 1.807) is 45.2 Å². The molecular formula is C23H24N4O5S. The smallest absolute Gasteiger partial charge is 0.295 e. The number of sulfonamides is 1. The van der Waals surface area contributed by atoms with E-state index in [2.05, 4.69) is 15.2 Å². The maximum atomic E-state index is 12.8. The van der Waals surface area contributed by atoms with Gasteiger partial charge in [0.15, 0.2) is 0 Å². The van der Waals surface area contributed by atoms with Gasteiger partial charge in [0.1, 0.15) is 11.4 Å². The molecule has 172 valence electrons. The molecule has 0 spiro atoms. The second-order valence-electron chi connectivity index (χ2n) is 7.40. The lowest BCUT2D eigenvalue weighted by molar-refractivity contribution is -0.384. The van der Waals surface area contributed by atoms with Gasteiger partial charge in [-0.25, -0.2) is 8.42 Å². The third kappa shape index (κ3) is 5.66. The molecular weight excluding hydrogens is 444 g/mol. The molecule has 0 aromatic heterocycles. The molecule has 3 rings (SSSR count). The first-order valence-corrected chi connectivity index (χ1v) is 11.4. The minimum atomic E-state index is -4.03. The Kier molecular flexibility index (Phi) is 6.98. The number of nitro benzene ring substituents is 1. The number of ether oxygens (including phenoxy) is 1. The highest BCUT2D eigenvalue weighted by Gasteiger charge is 2.22. The van der Waals surface area contributed by atoms with Crippen LogP contribution in [0.2, 0.25) is 0 Å². The lowest BCUT2D eigenvalue weighted by atomic mass is 10.1. The molecule has 3 aromatic rings. The molecule has 0 saturated carbocycles. The van der Waals surface area contributed by atoms with Crippen LogP contribution in [0.4, 0.5) is 17.1 Å². The summed E-state index contributed by atoms with van der Waals surface area (Å²) in [6.07, 6.45) is 0. The summed E-state index contributed by atoms with van der Waals surface area (Å²) in [7, 11) is -2.46. The fourth-order valence-electron chi connectivity index (χ4n) is 3.10. The first-order chi connectivity index (χ1) is 15.6. The van der Waals surface area contributed by atoms with Crippen LogP contribution < -0.4 is 14.9 Å². The van der Waals surface area contributed by atoms with Crippen molar-refractivity contribution in [2.45, 2.75) is 25.7 Å². The Hall–Kier alpha value is -3.92. The van der Waals surface area contributed by atoms with E-state index in [1.807, 2.05) is 25.1 Å². The van der Waals surface area contributed by atoms with Crippen LogP contribution in [0, 0.1) is 24.0 Å². The van der Waals surface area contributed by atoms with Gasteiger partial charge in [0, 0.05) is 6.07 Å². The first kappa shape index (κ1) is 23.7. The average molecular weight is 469 g/mol. The van der Waals surface area contributed by atoms with Crippen LogP contribution in [0.3, 0.4) is 0 Å². The molecule has 3 aromatic carbocycles. The Bertz CT molecular complexity index is 1320. The number of benzene rings is 3. The van der Waals surface area contributed by atoms with E-state index in [9.17, 15) is 18.5 Å². The molecule has 33 heavy (non-hydrogen) atoms. The van der Waals surface area contributed by atoms with Gasteiger partial charge in [0.25, 0.3) is 15.7 Å². The van der Waals surface area contributed by atoms with Gasteiger partial charge < -0.3 is 4.74 Å². The molecule has 0 heterocycles. The predicted octanol–water partition coefficient (Wildman–Crippen LogP) is 4.86. The van der Waals surface area contributed by atoms with E-state index >= 15 is 0 Å². The van der Waals surface area contributed by atoms with Crippen molar-refractivity contribution in [2.24, 2.45) is 5.10 Å². The highest BCUT2D eigenvalue weighted by molar-refractivity contribution is 7.92. The normalized spacial score (nSPS) is 11.7. The Labute approximate surface area is 192 Å². The zero-order valence-corrected chi connectivity index (χ0v) is 19.4. The Morgan fingerprint density at radius 2 is 1.67 bits per heavy atom. The van der Waals surface area contributed by atoms with E-state index in [0.717, 1.165) is 22.8 Å². The topological polar surface area (TPSA) is 123 Å². The Balaban J connectivity index is 1.87. The van der Waals surface area contributed by atoms with Crippen LogP contribution in [0.15, 0.2) is 70.7 Å². The molecule has 2 N–H and O–H groups in total. The molecule has 0 fully saturated rings. The summed E-state index contributed by atoms with van der Waals surface area (Å²) in [4.78, 5) is 10.7. The molecule has 0 unspecified atom stereocenters. The zero-order valence-electron chi connectivity index (χ0n) is 18.6. The summed E-state index contributed by atoms with van der Waals surface area (Å²) in [6.45, 7) is 5.43. The van der Waals surface area contributed by atoms with Crippen molar-refractivity contribution in [3.63, 3.8) is 0 Å². The molecule has 0 amide bonds. The zero-order chi connectivity index (χ0) is 24.2. The monoisotopic (exact) mass is 468 g/mol. The van der Waals surface area contributed by atoms with Gasteiger partial charge in [-0.1, -0.05) is 17.7 Å². The quantitative estimate of drug-likeness (QED) is 0.277. The van der Waals surface area contributed by atoms with Gasteiger partial charge in [0.05, 0.1) is 28.3 Å². The predicted molar refractivity (Wildman–Crippen MR) is 129 cm³/mol. The number of nitrogens with zero attached hydrogens (tertiary/aromatic N) is 2. The number of hydrazone groups is 1. The van der Waals surface area contributed by atoms with Crippen LogP contribution >= 0.6 is 0 Å². The van der Waals surface area contributed by atoms with Crippen LogP contribution in [-0.4, -0.2) is 26.2 Å². The maximum absolute atomic E-state index is 12.8. The second-order valence-corrected chi connectivity index (χ2v) is 9.08. The highest BCUT2D eigenvalue weighted by atomic mass is 32.2. The number of methoxy groups -OCH3 is 1. The number of anilines is 2. The standard InChI is InChI=1S/C23H24N4O5S/c1-15-5-11-21(16(2)13-15)26-33(30,31)20-10-12-22(23(14-20)27(28)29)25-24-17(3)18-6-8-19(32-4)9-7-18/h5-14,25-26H,1-4H3/b24-17+. The number of aryl methyl sites for hydroxylation is 2. The molecule has 0 radical (unpaired) electrons. The van der Waals surface area contributed by atoms with Gasteiger partial charge in [-0.05, 0) is 74.4 Å². The van der Waals surface area contributed by atoms with Gasteiger partial charge >= 0.3 is 0 Å². The van der Waals surface area contributed by atoms with Crippen LogP contribution in [0.1, 0.15) is 23.6 Å². The lowest BCUT2D eigenvalue weighted by Crippen LogP contribution is -2.14. The summed E-state index contributed by atoms with van der Waals surface area (Å²) >= 11 is 0. The van der Waals surface area contributed by atoms with Crippen LogP contribution in [-0.2, 0) is 10.0 Å². The highest BCUT2D eigenvalue weighted by Crippen LogP contribution is 2.29. The summed E-state index contributed by atoms with van der Waals surface area (Å²) in [5.41, 5.74) is 5.84. The molecule has 0 bridgehead atoms. The summed E-state index contributed by atoms with van der Waals surface area (Å²) < 4.78 is 33.3. The molecule has 9 nitrogen and oxygen atoms in total. The lowest BCUT2D eigenvalue weighted by Gasteiger charge is -2.12. The Morgan fingerprint density at radius 3 is 2.27 bits per heavy atom. The van der Waals surface area contributed by atoms with Crippen molar-refractivity contribution in [2.75, 3.05) is 17.3 Å². The number of hydrogen-bond acceptors (Lipinski definition) is 7. The fraction of sp³-hybridized carbons (Fsp3) is 0.174. The molecule has 0 aliphatic heterocycles. The van der Waals surface area contributed by atoms with Crippen molar-refractivity contribution in [3.05, 3.63) is 87.5 Å². The van der Waals surface area contributed by atoms with E-state index < -0.39 is 20.6 Å². The van der Waals surface area contributed by atoms with E-state index in [4.69, 9.17) is 4.74 Å². The largest absolute Gasteiger partial charge is 0.497 e. The number of nitrogens with one attached hydrogen (secondary N) is 2. The summed E-state index contributed by atoms with van der Waals surface area (Å²) in [6, 6.07) is 16.1. The number of nitro groups is 1. The first-order valence-electron chi connectivity index (χ1n) is 9.94. The Morgan fingerprint density at radius 1 is 1.00 bits per heavy atom. The molecule has 0 saturated heterocycles. The van der Waals surface area contributed by atoms with Crippen molar-refractivity contribution < 1.29 is 18.1 Å². The SMILES string of the molecule is COc1ccc(/C(C)=N/Nc2ccc(S(=O)(=O)Nc3ccc(C)cc3C)cc2[N+](=O)[O-])cc1. The minimum absolute atomic E-state index is 0.0679. The molecule has 0 aliphatic carbocycles. The molecule has 0 aliphatic rings. The number of rotatable bonds is 8. The van der Waals surface area contributed by atoms with E-state index in [0.29, 0.717) is 17.1 Å². The van der Waals surface area contributed by atoms with Gasteiger partial charge in [-0.2, -0.15) is 5.10 Å². The van der Waals surface area contributed by atoms with Crippen LogP contribution in [0.5, 0.6) is 5.75 Å². The molecule has 10 heteroatoms. The van der Waals surface area contributed by atoms with Gasteiger partial charge in [-0.15, -0.1) is 0 Å². The van der Waals surface area contributed by atoms with Crippen molar-refractivity contribution in [3.8, 4) is 5.75 Å². The average Bonchev–Trinajstić information content (AvgIpc) is 2.79. The van der Waals surface area contributed by atoms with Gasteiger partial charge in [-0.3, -0.25) is 20.3 Å².